The molecule has 0 aromatic carbocycles. The van der Waals surface area contributed by atoms with Crippen LogP contribution in [0.5, 0.6) is 0 Å². The highest BCUT2D eigenvalue weighted by molar-refractivity contribution is 5.10. The van der Waals surface area contributed by atoms with Crippen LogP contribution in [0.1, 0.15) is 37.9 Å². The van der Waals surface area contributed by atoms with Gasteiger partial charge in [-0.25, -0.2) is 0 Å². The van der Waals surface area contributed by atoms with E-state index in [1.165, 1.54) is 18.5 Å². The smallest absolute Gasteiger partial charge is 0.0657 e. The molecule has 0 bridgehead atoms. The summed E-state index contributed by atoms with van der Waals surface area (Å²) in [5, 5.41) is 4.31. The average Bonchev–Trinajstić information content (AvgIpc) is 2.91. The maximum Gasteiger partial charge on any atom is 0.0657 e. The Labute approximate surface area is 84.4 Å². The number of hydrogen-bond acceptors (Lipinski definition) is 3. The average molecular weight is 194 g/mol. The molecule has 0 radical (unpaired) electrons. The van der Waals surface area contributed by atoms with E-state index >= 15 is 0 Å². The number of nitrogens with one attached hydrogen (secondary N) is 1. The Bertz CT molecular complexity index is 290. The zero-order valence-electron chi connectivity index (χ0n) is 8.61. The molecule has 0 spiro atoms. The first-order valence-electron chi connectivity index (χ1n) is 5.34. The first kappa shape index (κ1) is 9.68. The molecular formula is C10H18N4. The maximum absolute atomic E-state index is 5.58. The van der Waals surface area contributed by atoms with Crippen LogP contribution in [0.2, 0.25) is 0 Å². The molecule has 14 heavy (non-hydrogen) atoms. The first-order valence-corrected chi connectivity index (χ1v) is 5.34. The van der Waals surface area contributed by atoms with Gasteiger partial charge in [-0.3, -0.25) is 16.0 Å². The van der Waals surface area contributed by atoms with Crippen molar-refractivity contribution in [2.24, 2.45) is 11.8 Å². The van der Waals surface area contributed by atoms with E-state index in [2.05, 4.69) is 28.2 Å². The van der Waals surface area contributed by atoms with E-state index in [1.54, 1.807) is 0 Å². The number of rotatable bonds is 5. The predicted molar refractivity (Wildman–Crippen MR) is 55.3 cm³/mol. The minimum Gasteiger partial charge on any atom is -0.271 e. The Morgan fingerprint density at radius 1 is 1.71 bits per heavy atom. The van der Waals surface area contributed by atoms with Crippen molar-refractivity contribution in [3.8, 4) is 0 Å². The normalized spacial score (nSPS) is 18.4. The SMILES string of the molecule is CCCn1nccc1C(NN)C1CC1. The molecule has 2 rings (SSSR count). The molecule has 3 N–H and O–H groups in total. The summed E-state index contributed by atoms with van der Waals surface area (Å²) in [4.78, 5) is 0. The Hall–Kier alpha value is -0.870. The molecule has 0 amide bonds. The van der Waals surface area contributed by atoms with E-state index in [4.69, 9.17) is 5.84 Å². The molecular weight excluding hydrogens is 176 g/mol. The van der Waals surface area contributed by atoms with Crippen molar-refractivity contribution in [1.29, 1.82) is 0 Å². The van der Waals surface area contributed by atoms with Crippen molar-refractivity contribution in [2.45, 2.75) is 38.8 Å². The lowest BCUT2D eigenvalue weighted by Crippen LogP contribution is -2.31. The molecule has 1 aromatic rings. The summed E-state index contributed by atoms with van der Waals surface area (Å²) in [6.45, 7) is 3.14. The van der Waals surface area contributed by atoms with Crippen molar-refractivity contribution >= 4 is 0 Å². The summed E-state index contributed by atoms with van der Waals surface area (Å²) in [6.07, 6.45) is 5.53. The van der Waals surface area contributed by atoms with Crippen LogP contribution < -0.4 is 11.3 Å². The fourth-order valence-electron chi connectivity index (χ4n) is 1.90. The summed E-state index contributed by atoms with van der Waals surface area (Å²) in [6, 6.07) is 2.36. The van der Waals surface area contributed by atoms with Gasteiger partial charge >= 0.3 is 0 Å². The Balaban J connectivity index is 2.15. The van der Waals surface area contributed by atoms with Gasteiger partial charge in [0.1, 0.15) is 0 Å². The number of nitrogens with zero attached hydrogens (tertiary/aromatic N) is 2. The van der Waals surface area contributed by atoms with Crippen molar-refractivity contribution < 1.29 is 0 Å². The highest BCUT2D eigenvalue weighted by atomic mass is 15.3. The number of aryl methyl sites for hydroxylation is 1. The van der Waals surface area contributed by atoms with Crippen LogP contribution >= 0.6 is 0 Å². The third-order valence-corrected chi connectivity index (χ3v) is 2.78. The van der Waals surface area contributed by atoms with Gasteiger partial charge in [0.2, 0.25) is 0 Å². The molecule has 4 nitrogen and oxygen atoms in total. The fraction of sp³-hybridized carbons (Fsp3) is 0.700. The van der Waals surface area contributed by atoms with E-state index in [9.17, 15) is 0 Å². The zero-order chi connectivity index (χ0) is 9.97. The lowest BCUT2D eigenvalue weighted by molar-refractivity contribution is 0.442. The molecule has 1 unspecified atom stereocenters. The van der Waals surface area contributed by atoms with E-state index in [-0.39, 0.29) is 0 Å². The Kier molecular flexibility index (Phi) is 2.84. The molecule has 1 fully saturated rings. The van der Waals surface area contributed by atoms with Crippen LogP contribution in [0.3, 0.4) is 0 Å². The minimum atomic E-state index is 0.295. The summed E-state index contributed by atoms with van der Waals surface area (Å²) in [7, 11) is 0. The van der Waals surface area contributed by atoms with Gasteiger partial charge in [0.15, 0.2) is 0 Å². The van der Waals surface area contributed by atoms with Gasteiger partial charge in [-0.05, 0) is 31.2 Å². The molecule has 1 atom stereocenters. The molecule has 1 saturated carbocycles. The second-order valence-corrected chi connectivity index (χ2v) is 3.96. The number of aromatic nitrogens is 2. The fourth-order valence-corrected chi connectivity index (χ4v) is 1.90. The van der Waals surface area contributed by atoms with Crippen molar-refractivity contribution in [3.05, 3.63) is 18.0 Å². The summed E-state index contributed by atoms with van der Waals surface area (Å²) >= 11 is 0. The van der Waals surface area contributed by atoms with Crippen LogP contribution in [0.4, 0.5) is 0 Å². The molecule has 1 aliphatic rings. The predicted octanol–water partition coefficient (Wildman–Crippen LogP) is 1.21. The second-order valence-electron chi connectivity index (χ2n) is 3.96. The van der Waals surface area contributed by atoms with Crippen molar-refractivity contribution in [3.63, 3.8) is 0 Å². The first-order chi connectivity index (χ1) is 6.86. The number of nitrogens with two attached hydrogens (primary N) is 1. The standard InChI is InChI=1S/C10H18N4/c1-2-7-14-9(5-6-12-14)10(13-11)8-3-4-8/h5-6,8,10,13H,2-4,7,11H2,1H3. The third kappa shape index (κ3) is 1.81. The summed E-state index contributed by atoms with van der Waals surface area (Å²) in [5.41, 5.74) is 4.14. The summed E-state index contributed by atoms with van der Waals surface area (Å²) < 4.78 is 2.06. The molecule has 1 aromatic heterocycles. The molecule has 4 heteroatoms. The van der Waals surface area contributed by atoms with E-state index < -0.39 is 0 Å². The van der Waals surface area contributed by atoms with Gasteiger partial charge in [-0.15, -0.1) is 0 Å². The lowest BCUT2D eigenvalue weighted by Gasteiger charge is -2.16. The van der Waals surface area contributed by atoms with Crippen LogP contribution in [0, 0.1) is 5.92 Å². The second kappa shape index (κ2) is 4.11. The quantitative estimate of drug-likeness (QED) is 0.547. The van der Waals surface area contributed by atoms with Gasteiger partial charge in [0.05, 0.1) is 11.7 Å². The molecule has 78 valence electrons. The van der Waals surface area contributed by atoms with Crippen LogP contribution in [-0.2, 0) is 6.54 Å². The van der Waals surface area contributed by atoms with Gasteiger partial charge in [0.25, 0.3) is 0 Å². The molecule has 1 heterocycles. The van der Waals surface area contributed by atoms with E-state index in [1.807, 2.05) is 6.20 Å². The lowest BCUT2D eigenvalue weighted by atomic mass is 10.1. The monoisotopic (exact) mass is 194 g/mol. The highest BCUT2D eigenvalue weighted by Crippen LogP contribution is 2.40. The van der Waals surface area contributed by atoms with Gasteiger partial charge in [-0.1, -0.05) is 6.92 Å². The van der Waals surface area contributed by atoms with Gasteiger partial charge < -0.3 is 0 Å². The summed E-state index contributed by atoms with van der Waals surface area (Å²) in [5.74, 6) is 6.29. The maximum atomic E-state index is 5.58. The number of hydrazine groups is 1. The van der Waals surface area contributed by atoms with Crippen molar-refractivity contribution in [1.82, 2.24) is 15.2 Å². The Morgan fingerprint density at radius 3 is 3.07 bits per heavy atom. The van der Waals surface area contributed by atoms with Crippen molar-refractivity contribution in [2.75, 3.05) is 0 Å². The zero-order valence-corrected chi connectivity index (χ0v) is 8.61. The molecule has 0 aliphatic heterocycles. The molecule has 1 aliphatic carbocycles. The van der Waals surface area contributed by atoms with Crippen LogP contribution in [0.25, 0.3) is 0 Å². The van der Waals surface area contributed by atoms with Gasteiger partial charge in [0, 0.05) is 12.7 Å². The topological polar surface area (TPSA) is 55.9 Å². The van der Waals surface area contributed by atoms with E-state index in [0.29, 0.717) is 12.0 Å². The third-order valence-electron chi connectivity index (χ3n) is 2.78. The van der Waals surface area contributed by atoms with Gasteiger partial charge in [-0.2, -0.15) is 5.10 Å². The molecule has 0 saturated heterocycles. The van der Waals surface area contributed by atoms with Crippen LogP contribution in [-0.4, -0.2) is 9.78 Å². The largest absolute Gasteiger partial charge is 0.271 e. The highest BCUT2D eigenvalue weighted by Gasteiger charge is 2.33. The minimum absolute atomic E-state index is 0.295. The van der Waals surface area contributed by atoms with E-state index in [0.717, 1.165) is 13.0 Å². The number of hydrogen-bond donors (Lipinski definition) is 2. The Morgan fingerprint density at radius 2 is 2.50 bits per heavy atom. The van der Waals surface area contributed by atoms with Crippen LogP contribution in [0.15, 0.2) is 12.3 Å².